The molecule has 3 atom stereocenters. The summed E-state index contributed by atoms with van der Waals surface area (Å²) in [6.07, 6.45) is 7.98. The van der Waals surface area contributed by atoms with Crippen LogP contribution in [0.5, 0.6) is 0 Å². The third-order valence-electron chi connectivity index (χ3n) is 4.27. The monoisotopic (exact) mass is 235 g/mol. The van der Waals surface area contributed by atoms with E-state index < -0.39 is 0 Å². The van der Waals surface area contributed by atoms with Gasteiger partial charge in [0, 0.05) is 18.8 Å². The second-order valence-electron chi connectivity index (χ2n) is 5.49. The van der Waals surface area contributed by atoms with E-state index in [1.807, 2.05) is 12.5 Å². The highest BCUT2D eigenvalue weighted by Gasteiger charge is 2.26. The summed E-state index contributed by atoms with van der Waals surface area (Å²) in [4.78, 5) is 4.32. The Balaban J connectivity index is 2.04. The third kappa shape index (κ3) is 2.89. The van der Waals surface area contributed by atoms with Crippen molar-refractivity contribution >= 4 is 0 Å². The average molecular weight is 235 g/mol. The molecular formula is C14H25N3. The fourth-order valence-corrected chi connectivity index (χ4v) is 2.82. The number of imidazole rings is 1. The summed E-state index contributed by atoms with van der Waals surface area (Å²) in [6, 6.07) is 0.664. The SMILES string of the molecule is CCNCc1cncn1C1CCC(C)C(C)C1. The zero-order valence-corrected chi connectivity index (χ0v) is 11.3. The minimum absolute atomic E-state index is 0.664. The Kier molecular flexibility index (Phi) is 4.21. The molecule has 96 valence electrons. The second-order valence-corrected chi connectivity index (χ2v) is 5.49. The summed E-state index contributed by atoms with van der Waals surface area (Å²) in [5, 5.41) is 3.39. The zero-order chi connectivity index (χ0) is 12.3. The van der Waals surface area contributed by atoms with Crippen molar-refractivity contribution in [2.24, 2.45) is 11.8 Å². The maximum atomic E-state index is 4.32. The van der Waals surface area contributed by atoms with Crippen LogP contribution in [0.25, 0.3) is 0 Å². The van der Waals surface area contributed by atoms with Gasteiger partial charge in [-0.2, -0.15) is 0 Å². The topological polar surface area (TPSA) is 29.9 Å². The quantitative estimate of drug-likeness (QED) is 0.869. The van der Waals surface area contributed by atoms with E-state index in [-0.39, 0.29) is 0 Å². The molecule has 0 saturated heterocycles. The van der Waals surface area contributed by atoms with Gasteiger partial charge in [-0.25, -0.2) is 4.98 Å². The molecule has 0 spiro atoms. The predicted molar refractivity (Wildman–Crippen MR) is 70.8 cm³/mol. The number of nitrogens with one attached hydrogen (secondary N) is 1. The molecule has 3 heteroatoms. The van der Waals surface area contributed by atoms with Crippen LogP contribution in [0.15, 0.2) is 12.5 Å². The number of hydrogen-bond donors (Lipinski definition) is 1. The van der Waals surface area contributed by atoms with E-state index in [2.05, 4.69) is 35.6 Å². The lowest BCUT2D eigenvalue weighted by Gasteiger charge is -2.33. The number of aromatic nitrogens is 2. The van der Waals surface area contributed by atoms with E-state index in [0.29, 0.717) is 6.04 Å². The van der Waals surface area contributed by atoms with E-state index >= 15 is 0 Å². The van der Waals surface area contributed by atoms with Gasteiger partial charge < -0.3 is 9.88 Å². The first-order valence-electron chi connectivity index (χ1n) is 6.93. The van der Waals surface area contributed by atoms with Crippen molar-refractivity contribution in [1.29, 1.82) is 0 Å². The smallest absolute Gasteiger partial charge is 0.0951 e. The number of nitrogens with zero attached hydrogens (tertiary/aromatic N) is 2. The van der Waals surface area contributed by atoms with Gasteiger partial charge in [0.05, 0.1) is 12.0 Å². The summed E-state index contributed by atoms with van der Waals surface area (Å²) >= 11 is 0. The number of rotatable bonds is 4. The summed E-state index contributed by atoms with van der Waals surface area (Å²) in [5.74, 6) is 1.72. The first-order chi connectivity index (χ1) is 8.22. The van der Waals surface area contributed by atoms with Crippen LogP contribution in [-0.4, -0.2) is 16.1 Å². The van der Waals surface area contributed by atoms with Crippen molar-refractivity contribution < 1.29 is 0 Å². The van der Waals surface area contributed by atoms with Crippen molar-refractivity contribution in [3.63, 3.8) is 0 Å². The lowest BCUT2D eigenvalue weighted by molar-refractivity contribution is 0.208. The number of hydrogen-bond acceptors (Lipinski definition) is 2. The van der Waals surface area contributed by atoms with Gasteiger partial charge in [0.25, 0.3) is 0 Å². The van der Waals surface area contributed by atoms with E-state index in [0.717, 1.165) is 24.9 Å². The predicted octanol–water partition coefficient (Wildman–Crippen LogP) is 2.99. The summed E-state index contributed by atoms with van der Waals surface area (Å²) in [5.41, 5.74) is 1.33. The van der Waals surface area contributed by atoms with Gasteiger partial charge in [0.1, 0.15) is 0 Å². The first kappa shape index (κ1) is 12.6. The third-order valence-corrected chi connectivity index (χ3v) is 4.27. The molecule has 1 aliphatic rings. The van der Waals surface area contributed by atoms with Gasteiger partial charge in [-0.1, -0.05) is 20.8 Å². The highest BCUT2D eigenvalue weighted by Crippen LogP contribution is 2.36. The Morgan fingerprint density at radius 2 is 2.18 bits per heavy atom. The van der Waals surface area contributed by atoms with Gasteiger partial charge in [-0.15, -0.1) is 0 Å². The van der Waals surface area contributed by atoms with E-state index in [1.165, 1.54) is 25.0 Å². The molecule has 0 bridgehead atoms. The van der Waals surface area contributed by atoms with Gasteiger partial charge >= 0.3 is 0 Å². The molecule has 1 heterocycles. The molecule has 1 saturated carbocycles. The van der Waals surface area contributed by atoms with Gasteiger partial charge in [0.15, 0.2) is 0 Å². The minimum atomic E-state index is 0.664. The maximum Gasteiger partial charge on any atom is 0.0951 e. The van der Waals surface area contributed by atoms with Gasteiger partial charge in [0.2, 0.25) is 0 Å². The standard InChI is InChI=1S/C14H25N3/c1-4-15-8-14-9-16-10-17(14)13-6-5-11(2)12(3)7-13/h9-13,15H,4-8H2,1-3H3. The maximum absolute atomic E-state index is 4.32. The molecule has 1 aromatic heterocycles. The molecule has 2 rings (SSSR count). The normalized spacial score (nSPS) is 29.5. The fraction of sp³-hybridized carbons (Fsp3) is 0.786. The molecule has 3 unspecified atom stereocenters. The summed E-state index contributed by atoms with van der Waals surface area (Å²) in [7, 11) is 0. The van der Waals surface area contributed by atoms with Crippen molar-refractivity contribution in [2.75, 3.05) is 6.54 Å². The molecule has 1 aromatic rings. The van der Waals surface area contributed by atoms with Crippen molar-refractivity contribution in [2.45, 2.75) is 52.6 Å². The molecule has 0 amide bonds. The van der Waals surface area contributed by atoms with E-state index in [9.17, 15) is 0 Å². The van der Waals surface area contributed by atoms with Gasteiger partial charge in [-0.3, -0.25) is 0 Å². The Hall–Kier alpha value is -0.830. The molecule has 1 N–H and O–H groups in total. The largest absolute Gasteiger partial charge is 0.330 e. The lowest BCUT2D eigenvalue weighted by atomic mass is 9.79. The van der Waals surface area contributed by atoms with Crippen LogP contribution in [0.2, 0.25) is 0 Å². The van der Waals surface area contributed by atoms with Crippen LogP contribution in [0.4, 0.5) is 0 Å². The molecule has 0 aliphatic heterocycles. The molecular weight excluding hydrogens is 210 g/mol. The fourth-order valence-electron chi connectivity index (χ4n) is 2.82. The highest BCUT2D eigenvalue weighted by molar-refractivity contribution is 5.01. The Morgan fingerprint density at radius 3 is 2.88 bits per heavy atom. The summed E-state index contributed by atoms with van der Waals surface area (Å²) in [6.45, 7) is 8.87. The average Bonchev–Trinajstić information content (AvgIpc) is 2.78. The molecule has 0 radical (unpaired) electrons. The van der Waals surface area contributed by atoms with Crippen LogP contribution < -0.4 is 5.32 Å². The van der Waals surface area contributed by atoms with E-state index in [4.69, 9.17) is 0 Å². The molecule has 17 heavy (non-hydrogen) atoms. The van der Waals surface area contributed by atoms with Gasteiger partial charge in [-0.05, 0) is 37.6 Å². The Bertz CT molecular complexity index is 345. The van der Waals surface area contributed by atoms with Crippen LogP contribution in [-0.2, 0) is 6.54 Å². The molecule has 0 aromatic carbocycles. The van der Waals surface area contributed by atoms with Crippen molar-refractivity contribution in [3.05, 3.63) is 18.2 Å². The minimum Gasteiger partial charge on any atom is -0.330 e. The summed E-state index contributed by atoms with van der Waals surface area (Å²) < 4.78 is 2.39. The van der Waals surface area contributed by atoms with E-state index in [1.54, 1.807) is 0 Å². The first-order valence-corrected chi connectivity index (χ1v) is 6.93. The van der Waals surface area contributed by atoms with Crippen LogP contribution in [0.3, 0.4) is 0 Å². The van der Waals surface area contributed by atoms with Crippen LogP contribution >= 0.6 is 0 Å². The zero-order valence-electron chi connectivity index (χ0n) is 11.3. The van der Waals surface area contributed by atoms with Crippen molar-refractivity contribution in [3.8, 4) is 0 Å². The Morgan fingerprint density at radius 1 is 1.35 bits per heavy atom. The van der Waals surface area contributed by atoms with Crippen molar-refractivity contribution in [1.82, 2.24) is 14.9 Å². The molecule has 1 fully saturated rings. The Labute approximate surface area is 105 Å². The molecule has 3 nitrogen and oxygen atoms in total. The van der Waals surface area contributed by atoms with Crippen LogP contribution in [0, 0.1) is 11.8 Å². The lowest BCUT2D eigenvalue weighted by Crippen LogP contribution is -2.25. The second kappa shape index (κ2) is 5.67. The van der Waals surface area contributed by atoms with Crippen LogP contribution in [0.1, 0.15) is 51.8 Å². The molecule has 1 aliphatic carbocycles. The highest BCUT2D eigenvalue weighted by atomic mass is 15.1.